The molecule has 5 nitrogen and oxygen atoms in total. The summed E-state index contributed by atoms with van der Waals surface area (Å²) in [4.78, 5) is 0. The minimum atomic E-state index is -1.58. The zero-order valence-electron chi connectivity index (χ0n) is 5.96. The second-order valence-corrected chi connectivity index (χ2v) is 2.30. The zero-order valence-corrected chi connectivity index (χ0v) is 5.96. The fourth-order valence-electron chi connectivity index (χ4n) is 0.563. The average molecular weight is 165 g/mol. The predicted molar refractivity (Wildman–Crippen MR) is 36.5 cm³/mol. The van der Waals surface area contributed by atoms with Gasteiger partial charge in [-0.05, 0) is 6.92 Å². The summed E-state index contributed by atoms with van der Waals surface area (Å²) in [5, 5.41) is 43.4. The van der Waals surface area contributed by atoms with Gasteiger partial charge in [-0.3, -0.25) is 0 Å². The van der Waals surface area contributed by atoms with Crippen molar-refractivity contribution in [2.75, 3.05) is 6.61 Å². The topological polar surface area (TPSA) is 101 Å². The second-order valence-electron chi connectivity index (χ2n) is 2.30. The summed E-state index contributed by atoms with van der Waals surface area (Å²) in [5.41, 5.74) is 0. The molecule has 0 amide bonds. The third-order valence-corrected chi connectivity index (χ3v) is 1.33. The van der Waals surface area contributed by atoms with Crippen LogP contribution in [0.2, 0.25) is 0 Å². The van der Waals surface area contributed by atoms with Crippen LogP contribution in [0.3, 0.4) is 0 Å². The predicted octanol–water partition coefficient (Wildman–Crippen LogP) is -2.74. The van der Waals surface area contributed by atoms with Crippen LogP contribution in [0.5, 0.6) is 0 Å². The Balaban J connectivity index is 3.90. The number of aliphatic hydroxyl groups excluding tert-OH is 5. The Morgan fingerprint density at radius 2 is 1.45 bits per heavy atom. The van der Waals surface area contributed by atoms with E-state index in [9.17, 15) is 0 Å². The van der Waals surface area contributed by atoms with Crippen molar-refractivity contribution in [3.05, 3.63) is 6.92 Å². The van der Waals surface area contributed by atoms with Gasteiger partial charge >= 0.3 is 0 Å². The summed E-state index contributed by atoms with van der Waals surface area (Å²) >= 11 is 0. The number of hydrogen-bond acceptors (Lipinski definition) is 5. The van der Waals surface area contributed by atoms with Gasteiger partial charge in [0.2, 0.25) is 0 Å². The summed E-state index contributed by atoms with van der Waals surface area (Å²) < 4.78 is 0. The van der Waals surface area contributed by atoms with Gasteiger partial charge in [-0.1, -0.05) is 0 Å². The first-order valence-corrected chi connectivity index (χ1v) is 3.17. The van der Waals surface area contributed by atoms with Gasteiger partial charge in [-0.25, -0.2) is 0 Å². The summed E-state index contributed by atoms with van der Waals surface area (Å²) in [6.45, 7) is 2.35. The first kappa shape index (κ1) is 10.8. The molecule has 0 aromatic carbocycles. The molecule has 4 atom stereocenters. The van der Waals surface area contributed by atoms with Crippen molar-refractivity contribution >= 4 is 0 Å². The summed E-state index contributed by atoms with van der Waals surface area (Å²) in [7, 11) is 0. The first-order chi connectivity index (χ1) is 5.00. The van der Waals surface area contributed by atoms with E-state index in [2.05, 4.69) is 6.92 Å². The van der Waals surface area contributed by atoms with Gasteiger partial charge in [0.25, 0.3) is 0 Å². The molecule has 0 rings (SSSR count). The molecule has 0 aliphatic carbocycles. The average Bonchev–Trinajstić information content (AvgIpc) is 2.00. The van der Waals surface area contributed by atoms with Crippen LogP contribution in [0.25, 0.3) is 0 Å². The van der Waals surface area contributed by atoms with Crippen molar-refractivity contribution in [2.24, 2.45) is 0 Å². The van der Waals surface area contributed by atoms with E-state index >= 15 is 0 Å². The van der Waals surface area contributed by atoms with Crippen LogP contribution in [-0.4, -0.2) is 56.6 Å². The number of hydrogen-bond donors (Lipinski definition) is 5. The molecule has 5 N–H and O–H groups in total. The van der Waals surface area contributed by atoms with E-state index in [0.29, 0.717) is 0 Å². The van der Waals surface area contributed by atoms with E-state index in [1.807, 2.05) is 0 Å². The summed E-state index contributed by atoms with van der Waals surface area (Å²) in [6.07, 6.45) is -5.96. The van der Waals surface area contributed by atoms with Crippen LogP contribution in [0.15, 0.2) is 0 Å². The Bertz CT molecular complexity index is 105. The van der Waals surface area contributed by atoms with E-state index in [1.54, 1.807) is 0 Å². The van der Waals surface area contributed by atoms with E-state index < -0.39 is 31.0 Å². The van der Waals surface area contributed by atoms with E-state index in [4.69, 9.17) is 25.5 Å². The maximum Gasteiger partial charge on any atom is 0.110 e. The smallest absolute Gasteiger partial charge is 0.110 e. The molecule has 0 heterocycles. The molecule has 1 radical (unpaired) electrons. The molecule has 0 saturated heterocycles. The lowest BCUT2D eigenvalue weighted by Gasteiger charge is -2.23. The Labute approximate surface area is 64.5 Å². The van der Waals surface area contributed by atoms with Crippen LogP contribution >= 0.6 is 0 Å². The molecular weight excluding hydrogens is 152 g/mol. The van der Waals surface area contributed by atoms with Crippen molar-refractivity contribution in [3.8, 4) is 0 Å². The van der Waals surface area contributed by atoms with Crippen LogP contribution in [0.4, 0.5) is 0 Å². The largest absolute Gasteiger partial charge is 0.394 e. The van der Waals surface area contributed by atoms with Gasteiger partial charge in [0, 0.05) is 0 Å². The number of aliphatic hydroxyl groups is 5. The molecule has 0 aliphatic heterocycles. The molecule has 11 heavy (non-hydrogen) atoms. The second kappa shape index (κ2) is 4.63. The van der Waals surface area contributed by atoms with Gasteiger partial charge in [-0.2, -0.15) is 0 Å². The molecule has 0 unspecified atom stereocenters. The van der Waals surface area contributed by atoms with Crippen molar-refractivity contribution in [2.45, 2.75) is 24.4 Å². The molecule has 0 aromatic heterocycles. The zero-order chi connectivity index (χ0) is 9.02. The highest BCUT2D eigenvalue weighted by Crippen LogP contribution is 2.03. The molecule has 0 aliphatic rings. The Morgan fingerprint density at radius 1 is 1.00 bits per heavy atom. The normalized spacial score (nSPS) is 22.4. The summed E-state index contributed by atoms with van der Waals surface area (Å²) in [5.74, 6) is 0. The Morgan fingerprint density at radius 3 is 1.73 bits per heavy atom. The van der Waals surface area contributed by atoms with Crippen LogP contribution < -0.4 is 0 Å². The standard InChI is InChI=1S/C6H13O5/c1-3(8)5(10)6(11)4(9)2-7/h3-11H,1-2H2/t3-,4+,5-,6-/m1/s1. The van der Waals surface area contributed by atoms with E-state index in [-0.39, 0.29) is 0 Å². The third kappa shape index (κ3) is 3.13. The summed E-state index contributed by atoms with van der Waals surface area (Å²) in [6, 6.07) is 0. The lowest BCUT2D eigenvalue weighted by atomic mass is 10.1. The minimum absolute atomic E-state index is 0.676. The molecule has 0 bridgehead atoms. The monoisotopic (exact) mass is 165 g/mol. The molecule has 5 heteroatoms. The lowest BCUT2D eigenvalue weighted by Crippen LogP contribution is -2.44. The molecule has 0 fully saturated rings. The van der Waals surface area contributed by atoms with Crippen molar-refractivity contribution < 1.29 is 25.5 Å². The highest BCUT2D eigenvalue weighted by molar-refractivity contribution is 4.81. The van der Waals surface area contributed by atoms with E-state index in [1.165, 1.54) is 0 Å². The van der Waals surface area contributed by atoms with Gasteiger partial charge in [0.15, 0.2) is 0 Å². The quantitative estimate of drug-likeness (QED) is 0.311. The van der Waals surface area contributed by atoms with Crippen molar-refractivity contribution in [3.63, 3.8) is 0 Å². The van der Waals surface area contributed by atoms with Gasteiger partial charge in [0.05, 0.1) is 12.7 Å². The third-order valence-electron chi connectivity index (χ3n) is 1.33. The van der Waals surface area contributed by atoms with Crippen LogP contribution in [-0.2, 0) is 0 Å². The van der Waals surface area contributed by atoms with Crippen LogP contribution in [0.1, 0.15) is 0 Å². The minimum Gasteiger partial charge on any atom is -0.394 e. The molecular formula is C6H13O5. The first-order valence-electron chi connectivity index (χ1n) is 3.17. The molecule has 0 saturated carbocycles. The maximum atomic E-state index is 8.90. The molecule has 0 aromatic rings. The maximum absolute atomic E-state index is 8.90. The van der Waals surface area contributed by atoms with Crippen LogP contribution in [0, 0.1) is 6.92 Å². The lowest BCUT2D eigenvalue weighted by molar-refractivity contribution is -0.105. The van der Waals surface area contributed by atoms with Gasteiger partial charge in [0.1, 0.15) is 18.3 Å². The molecule has 67 valence electrons. The highest BCUT2D eigenvalue weighted by atomic mass is 16.4. The SMILES string of the molecule is [CH2][C@@H](O)[C@@H](O)[C@H](O)[C@@H](O)CO. The van der Waals surface area contributed by atoms with Crippen molar-refractivity contribution in [1.82, 2.24) is 0 Å². The van der Waals surface area contributed by atoms with E-state index in [0.717, 1.165) is 0 Å². The van der Waals surface area contributed by atoms with Crippen molar-refractivity contribution in [1.29, 1.82) is 0 Å². The van der Waals surface area contributed by atoms with Gasteiger partial charge < -0.3 is 25.5 Å². The number of rotatable bonds is 4. The molecule has 0 spiro atoms. The van der Waals surface area contributed by atoms with Gasteiger partial charge in [-0.15, -0.1) is 0 Å². The Kier molecular flexibility index (Phi) is 4.55. The fraction of sp³-hybridized carbons (Fsp3) is 0.833. The fourth-order valence-corrected chi connectivity index (χ4v) is 0.563. The highest BCUT2D eigenvalue weighted by Gasteiger charge is 2.27. The Hall–Kier alpha value is -0.200.